The lowest BCUT2D eigenvalue weighted by molar-refractivity contribution is -0.114. The molecule has 4 aromatic rings. The highest BCUT2D eigenvalue weighted by Gasteiger charge is 2.14. The van der Waals surface area contributed by atoms with E-state index in [2.05, 4.69) is 21.6 Å². The summed E-state index contributed by atoms with van der Waals surface area (Å²) < 4.78 is 0. The molecule has 0 aliphatic carbocycles. The van der Waals surface area contributed by atoms with E-state index in [1.54, 1.807) is 0 Å². The van der Waals surface area contributed by atoms with Crippen LogP contribution in [0.2, 0.25) is 0 Å². The Hall–Kier alpha value is -3.91. The van der Waals surface area contributed by atoms with Gasteiger partial charge < -0.3 is 5.32 Å². The van der Waals surface area contributed by atoms with Gasteiger partial charge in [0.15, 0.2) is 0 Å². The largest absolute Gasteiger partial charge is 0.326 e. The molecule has 0 radical (unpaired) electrons. The first kappa shape index (κ1) is 16.6. The number of aromatic amines is 1. The summed E-state index contributed by atoms with van der Waals surface area (Å²) in [7, 11) is 0. The van der Waals surface area contributed by atoms with E-state index in [0.717, 1.165) is 33.3 Å². The quantitative estimate of drug-likeness (QED) is 0.559. The molecule has 1 amide bonds. The van der Waals surface area contributed by atoms with Crippen molar-refractivity contribution < 1.29 is 4.79 Å². The van der Waals surface area contributed by atoms with Crippen molar-refractivity contribution in [1.82, 2.24) is 10.2 Å². The fraction of sp³-hybridized carbons (Fsp3) is 0.0455. The van der Waals surface area contributed by atoms with E-state index in [1.807, 2.05) is 66.7 Å². The lowest BCUT2D eigenvalue weighted by atomic mass is 9.96. The van der Waals surface area contributed by atoms with Gasteiger partial charge in [-0.05, 0) is 29.8 Å². The Bertz CT molecular complexity index is 1190. The molecule has 0 saturated carbocycles. The van der Waals surface area contributed by atoms with Crippen LogP contribution in [0.25, 0.3) is 33.3 Å². The third-order valence-electron chi connectivity index (χ3n) is 4.36. The molecular formula is C22H16N4O. The van der Waals surface area contributed by atoms with Gasteiger partial charge in [-0.1, -0.05) is 42.5 Å². The predicted octanol–water partition coefficient (Wildman–Crippen LogP) is 4.73. The summed E-state index contributed by atoms with van der Waals surface area (Å²) in [5.74, 6) is -0.121. The molecule has 4 rings (SSSR count). The third kappa shape index (κ3) is 3.16. The van der Waals surface area contributed by atoms with Gasteiger partial charge in [0, 0.05) is 29.1 Å². The van der Waals surface area contributed by atoms with E-state index in [9.17, 15) is 10.1 Å². The number of nitrogens with zero attached hydrogens (tertiary/aromatic N) is 2. The van der Waals surface area contributed by atoms with E-state index < -0.39 is 0 Å². The minimum atomic E-state index is -0.121. The van der Waals surface area contributed by atoms with Gasteiger partial charge in [0.1, 0.15) is 0 Å². The molecule has 0 atom stereocenters. The summed E-state index contributed by atoms with van der Waals surface area (Å²) in [4.78, 5) is 11.3. The smallest absolute Gasteiger partial charge is 0.221 e. The van der Waals surface area contributed by atoms with Crippen molar-refractivity contribution in [3.8, 4) is 28.5 Å². The summed E-state index contributed by atoms with van der Waals surface area (Å²) in [6.45, 7) is 1.48. The highest BCUT2D eigenvalue weighted by atomic mass is 16.1. The second-order valence-corrected chi connectivity index (χ2v) is 6.26. The number of hydrogen-bond donors (Lipinski definition) is 2. The van der Waals surface area contributed by atoms with Crippen molar-refractivity contribution in [2.75, 3.05) is 5.32 Å². The minimum Gasteiger partial charge on any atom is -0.326 e. The molecule has 0 unspecified atom stereocenters. The summed E-state index contributed by atoms with van der Waals surface area (Å²) in [6.07, 6.45) is 0. The van der Waals surface area contributed by atoms with Gasteiger partial charge in [-0.2, -0.15) is 10.4 Å². The van der Waals surface area contributed by atoms with Gasteiger partial charge in [-0.25, -0.2) is 0 Å². The maximum absolute atomic E-state index is 11.3. The first-order valence-corrected chi connectivity index (χ1v) is 8.51. The molecule has 1 aromatic heterocycles. The summed E-state index contributed by atoms with van der Waals surface area (Å²) in [6, 6.07) is 23.5. The lowest BCUT2D eigenvalue weighted by Crippen LogP contribution is -2.05. The number of carbonyl (C=O) groups excluding carboxylic acids is 1. The maximum Gasteiger partial charge on any atom is 0.221 e. The first-order chi connectivity index (χ1) is 13.2. The Labute approximate surface area is 156 Å². The molecular weight excluding hydrogens is 336 g/mol. The number of nitriles is 1. The summed E-state index contributed by atoms with van der Waals surface area (Å²) >= 11 is 0. The van der Waals surface area contributed by atoms with Crippen LogP contribution in [0.5, 0.6) is 0 Å². The van der Waals surface area contributed by atoms with Gasteiger partial charge in [-0.15, -0.1) is 0 Å². The average molecular weight is 352 g/mol. The fourth-order valence-corrected chi connectivity index (χ4v) is 3.18. The molecule has 1 heterocycles. The third-order valence-corrected chi connectivity index (χ3v) is 4.36. The lowest BCUT2D eigenvalue weighted by Gasteiger charge is -2.07. The SMILES string of the molecule is CC(=O)Nc1cccc(-c2n[nH]c3cc(C#N)c(-c4ccccc4)cc23)c1. The summed E-state index contributed by atoms with van der Waals surface area (Å²) in [5.41, 5.74) is 5.62. The van der Waals surface area contributed by atoms with Crippen LogP contribution in [-0.4, -0.2) is 16.1 Å². The Morgan fingerprint density at radius 2 is 1.81 bits per heavy atom. The second kappa shape index (κ2) is 6.77. The van der Waals surface area contributed by atoms with Crippen LogP contribution < -0.4 is 5.32 Å². The van der Waals surface area contributed by atoms with Gasteiger partial charge in [0.25, 0.3) is 0 Å². The Balaban J connectivity index is 1.89. The molecule has 0 bridgehead atoms. The zero-order chi connectivity index (χ0) is 18.8. The van der Waals surface area contributed by atoms with Crippen molar-refractivity contribution in [3.63, 3.8) is 0 Å². The van der Waals surface area contributed by atoms with Crippen molar-refractivity contribution in [2.24, 2.45) is 0 Å². The van der Waals surface area contributed by atoms with Crippen molar-refractivity contribution in [1.29, 1.82) is 5.26 Å². The number of anilines is 1. The normalized spacial score (nSPS) is 10.5. The molecule has 0 aliphatic rings. The molecule has 130 valence electrons. The molecule has 2 N–H and O–H groups in total. The molecule has 27 heavy (non-hydrogen) atoms. The van der Waals surface area contributed by atoms with Crippen LogP contribution in [0.15, 0.2) is 66.7 Å². The van der Waals surface area contributed by atoms with Crippen LogP contribution >= 0.6 is 0 Å². The predicted molar refractivity (Wildman–Crippen MR) is 106 cm³/mol. The first-order valence-electron chi connectivity index (χ1n) is 8.51. The molecule has 0 saturated heterocycles. The Morgan fingerprint density at radius 1 is 1.04 bits per heavy atom. The molecule has 5 nitrogen and oxygen atoms in total. The van der Waals surface area contributed by atoms with Crippen LogP contribution in [0, 0.1) is 11.3 Å². The van der Waals surface area contributed by atoms with Crippen LogP contribution in [0.4, 0.5) is 5.69 Å². The minimum absolute atomic E-state index is 0.121. The van der Waals surface area contributed by atoms with E-state index >= 15 is 0 Å². The van der Waals surface area contributed by atoms with Crippen LogP contribution in [-0.2, 0) is 4.79 Å². The Morgan fingerprint density at radius 3 is 2.56 bits per heavy atom. The van der Waals surface area contributed by atoms with E-state index in [-0.39, 0.29) is 5.91 Å². The number of aromatic nitrogens is 2. The van der Waals surface area contributed by atoms with Gasteiger partial charge in [0.05, 0.1) is 22.8 Å². The fourth-order valence-electron chi connectivity index (χ4n) is 3.18. The average Bonchev–Trinajstić information content (AvgIpc) is 3.10. The molecule has 0 aliphatic heterocycles. The topological polar surface area (TPSA) is 81.6 Å². The Kier molecular flexibility index (Phi) is 4.15. The van der Waals surface area contributed by atoms with Gasteiger partial charge in [-0.3, -0.25) is 9.89 Å². The molecule has 0 fully saturated rings. The number of carbonyl (C=O) groups is 1. The second-order valence-electron chi connectivity index (χ2n) is 6.26. The molecule has 5 heteroatoms. The van der Waals surface area contributed by atoms with E-state index in [4.69, 9.17) is 0 Å². The maximum atomic E-state index is 11.3. The standard InChI is InChI=1S/C22H16N4O/c1-14(27)24-18-9-5-8-16(10-18)22-20-12-19(15-6-3-2-4-7-15)17(13-23)11-21(20)25-26-22/h2-12H,1H3,(H,24,27)(H,25,26). The highest BCUT2D eigenvalue weighted by Crippen LogP contribution is 2.33. The van der Waals surface area contributed by atoms with Gasteiger partial charge in [0.2, 0.25) is 5.91 Å². The van der Waals surface area contributed by atoms with Crippen molar-refractivity contribution in [3.05, 3.63) is 72.3 Å². The van der Waals surface area contributed by atoms with Gasteiger partial charge >= 0.3 is 0 Å². The number of hydrogen-bond acceptors (Lipinski definition) is 3. The summed E-state index contributed by atoms with van der Waals surface area (Å²) in [5, 5.41) is 20.7. The van der Waals surface area contributed by atoms with E-state index in [0.29, 0.717) is 11.3 Å². The van der Waals surface area contributed by atoms with Crippen molar-refractivity contribution >= 4 is 22.5 Å². The molecule has 0 spiro atoms. The number of fused-ring (bicyclic) bond motifs is 1. The van der Waals surface area contributed by atoms with Crippen LogP contribution in [0.3, 0.4) is 0 Å². The van der Waals surface area contributed by atoms with Crippen molar-refractivity contribution in [2.45, 2.75) is 6.92 Å². The number of nitrogens with one attached hydrogen (secondary N) is 2. The van der Waals surface area contributed by atoms with Crippen LogP contribution in [0.1, 0.15) is 12.5 Å². The van der Waals surface area contributed by atoms with E-state index in [1.165, 1.54) is 6.92 Å². The zero-order valence-corrected chi connectivity index (χ0v) is 14.7. The highest BCUT2D eigenvalue weighted by molar-refractivity contribution is 5.98. The number of H-pyrrole nitrogens is 1. The number of benzene rings is 3. The molecule has 3 aromatic carbocycles. The number of amides is 1. The monoisotopic (exact) mass is 352 g/mol. The number of rotatable bonds is 3. The zero-order valence-electron chi connectivity index (χ0n) is 14.7.